The molecule has 154 valence electrons. The molecule has 0 aromatic heterocycles. The number of nitrogens with one attached hydrogen (secondary N) is 3. The molecule has 0 aliphatic carbocycles. The van der Waals surface area contributed by atoms with E-state index in [0.717, 1.165) is 0 Å². The monoisotopic (exact) mass is 415 g/mol. The van der Waals surface area contributed by atoms with Gasteiger partial charge in [-0.25, -0.2) is 4.79 Å². The Balaban J connectivity index is 1.93. The quantitative estimate of drug-likeness (QED) is 0.535. The van der Waals surface area contributed by atoms with Gasteiger partial charge in [0.05, 0.1) is 16.9 Å². The molecule has 0 fully saturated rings. The van der Waals surface area contributed by atoms with E-state index in [1.165, 1.54) is 0 Å². The molecule has 0 saturated heterocycles. The summed E-state index contributed by atoms with van der Waals surface area (Å²) < 4.78 is 5.12. The number of hydrogen-bond donors (Lipinski definition) is 4. The minimum atomic E-state index is -0.602. The second-order valence-corrected chi connectivity index (χ2v) is 7.73. The lowest BCUT2D eigenvalue weighted by Gasteiger charge is -2.19. The van der Waals surface area contributed by atoms with Gasteiger partial charge in [-0.2, -0.15) is 0 Å². The normalized spacial score (nSPS) is 10.8. The molecular formula is C21H25N3O4S. The SMILES string of the molecule is CC(C)(C)OC(=O)NCCC(=O)Nc1ccccc1NC(=O)c1ccccc1S. The smallest absolute Gasteiger partial charge is 0.407 e. The van der Waals surface area contributed by atoms with Crippen molar-refractivity contribution in [1.82, 2.24) is 5.32 Å². The lowest BCUT2D eigenvalue weighted by Crippen LogP contribution is -2.34. The Labute approximate surface area is 175 Å². The number of benzene rings is 2. The van der Waals surface area contributed by atoms with Crippen LogP contribution in [0.2, 0.25) is 0 Å². The van der Waals surface area contributed by atoms with Crippen molar-refractivity contribution in [1.29, 1.82) is 0 Å². The van der Waals surface area contributed by atoms with Crippen LogP contribution < -0.4 is 16.0 Å². The van der Waals surface area contributed by atoms with Gasteiger partial charge < -0.3 is 20.7 Å². The number of hydrogen-bond acceptors (Lipinski definition) is 5. The third-order valence-electron chi connectivity index (χ3n) is 3.62. The number of carbonyl (C=O) groups is 3. The number of rotatable bonds is 6. The zero-order chi connectivity index (χ0) is 21.4. The Morgan fingerprint density at radius 1 is 0.931 bits per heavy atom. The van der Waals surface area contributed by atoms with Crippen molar-refractivity contribution >= 4 is 41.9 Å². The van der Waals surface area contributed by atoms with Crippen LogP contribution in [0.5, 0.6) is 0 Å². The van der Waals surface area contributed by atoms with Crippen LogP contribution in [0.3, 0.4) is 0 Å². The van der Waals surface area contributed by atoms with Crippen LogP contribution in [0.15, 0.2) is 53.4 Å². The Morgan fingerprint density at radius 2 is 1.52 bits per heavy atom. The van der Waals surface area contributed by atoms with E-state index in [9.17, 15) is 14.4 Å². The van der Waals surface area contributed by atoms with Gasteiger partial charge in [-0.3, -0.25) is 9.59 Å². The van der Waals surface area contributed by atoms with E-state index in [4.69, 9.17) is 4.74 Å². The van der Waals surface area contributed by atoms with Crippen LogP contribution >= 0.6 is 12.6 Å². The van der Waals surface area contributed by atoms with Gasteiger partial charge >= 0.3 is 6.09 Å². The molecule has 3 amide bonds. The summed E-state index contributed by atoms with van der Waals surface area (Å²) >= 11 is 4.29. The summed E-state index contributed by atoms with van der Waals surface area (Å²) in [5.41, 5.74) is 0.746. The maximum Gasteiger partial charge on any atom is 0.407 e. The molecule has 29 heavy (non-hydrogen) atoms. The first-order chi connectivity index (χ1) is 13.7. The fourth-order valence-electron chi connectivity index (χ4n) is 2.36. The summed E-state index contributed by atoms with van der Waals surface area (Å²) in [6, 6.07) is 13.8. The number of amides is 3. The molecule has 0 saturated carbocycles. The second kappa shape index (κ2) is 9.97. The average Bonchev–Trinajstić information content (AvgIpc) is 2.62. The van der Waals surface area contributed by atoms with Crippen LogP contribution in [0.25, 0.3) is 0 Å². The molecule has 0 spiro atoms. The van der Waals surface area contributed by atoms with Crippen LogP contribution in [0.4, 0.5) is 16.2 Å². The second-order valence-electron chi connectivity index (χ2n) is 7.24. The van der Waals surface area contributed by atoms with E-state index in [1.807, 2.05) is 0 Å². The molecule has 2 aromatic carbocycles. The maximum atomic E-state index is 12.5. The van der Waals surface area contributed by atoms with Crippen molar-refractivity contribution in [2.24, 2.45) is 0 Å². The Bertz CT molecular complexity index is 893. The number of carbonyl (C=O) groups excluding carboxylic acids is 3. The van der Waals surface area contributed by atoms with Crippen LogP contribution in [-0.2, 0) is 9.53 Å². The molecule has 0 bridgehead atoms. The third-order valence-corrected chi connectivity index (χ3v) is 4.01. The third kappa shape index (κ3) is 7.50. The highest BCUT2D eigenvalue weighted by Crippen LogP contribution is 2.23. The summed E-state index contributed by atoms with van der Waals surface area (Å²) in [5, 5.41) is 8.05. The lowest BCUT2D eigenvalue weighted by atomic mass is 10.2. The molecule has 0 atom stereocenters. The number of para-hydroxylation sites is 2. The lowest BCUT2D eigenvalue weighted by molar-refractivity contribution is -0.116. The highest BCUT2D eigenvalue weighted by molar-refractivity contribution is 7.80. The van der Waals surface area contributed by atoms with E-state index in [0.29, 0.717) is 21.8 Å². The summed E-state index contributed by atoms with van der Waals surface area (Å²) in [4.78, 5) is 36.9. The molecule has 2 aromatic rings. The van der Waals surface area contributed by atoms with Crippen molar-refractivity contribution in [2.45, 2.75) is 37.7 Å². The zero-order valence-electron chi connectivity index (χ0n) is 16.6. The summed E-state index contributed by atoms with van der Waals surface area (Å²) in [6.45, 7) is 5.41. The van der Waals surface area contributed by atoms with Gasteiger partial charge in [-0.1, -0.05) is 24.3 Å². The molecule has 8 heteroatoms. The fourth-order valence-corrected chi connectivity index (χ4v) is 2.62. The standard InChI is InChI=1S/C21H25N3O4S/c1-21(2,3)28-20(27)22-13-12-18(25)23-15-9-5-6-10-16(15)24-19(26)14-8-4-7-11-17(14)29/h4-11,29H,12-13H2,1-3H3,(H,22,27)(H,23,25)(H,24,26). The van der Waals surface area contributed by atoms with Gasteiger partial charge in [0.25, 0.3) is 5.91 Å². The van der Waals surface area contributed by atoms with E-state index in [-0.39, 0.29) is 24.8 Å². The first-order valence-electron chi connectivity index (χ1n) is 9.11. The highest BCUT2D eigenvalue weighted by Gasteiger charge is 2.16. The Hall–Kier alpha value is -3.00. The molecule has 3 N–H and O–H groups in total. The summed E-state index contributed by atoms with van der Waals surface area (Å²) in [5.74, 6) is -0.638. The fraction of sp³-hybridized carbons (Fsp3) is 0.286. The molecule has 0 heterocycles. The van der Waals surface area contributed by atoms with Crippen molar-refractivity contribution in [3.63, 3.8) is 0 Å². The van der Waals surface area contributed by atoms with Crippen molar-refractivity contribution < 1.29 is 19.1 Å². The van der Waals surface area contributed by atoms with E-state index in [1.54, 1.807) is 69.3 Å². The molecule has 0 aliphatic rings. The minimum absolute atomic E-state index is 0.0565. The molecular weight excluding hydrogens is 390 g/mol. The van der Waals surface area contributed by atoms with E-state index in [2.05, 4.69) is 28.6 Å². The minimum Gasteiger partial charge on any atom is -0.444 e. The zero-order valence-corrected chi connectivity index (χ0v) is 17.5. The number of thiol groups is 1. The van der Waals surface area contributed by atoms with Crippen LogP contribution in [0, 0.1) is 0 Å². The van der Waals surface area contributed by atoms with Crippen molar-refractivity contribution in [2.75, 3.05) is 17.2 Å². The van der Waals surface area contributed by atoms with E-state index < -0.39 is 11.7 Å². The average molecular weight is 416 g/mol. The first-order valence-corrected chi connectivity index (χ1v) is 9.55. The van der Waals surface area contributed by atoms with Crippen LogP contribution in [0.1, 0.15) is 37.6 Å². The van der Waals surface area contributed by atoms with E-state index >= 15 is 0 Å². The Kier molecular flexibility index (Phi) is 7.67. The topological polar surface area (TPSA) is 96.5 Å². The number of anilines is 2. The maximum absolute atomic E-state index is 12.5. The Morgan fingerprint density at radius 3 is 2.14 bits per heavy atom. The largest absolute Gasteiger partial charge is 0.444 e. The van der Waals surface area contributed by atoms with Gasteiger partial charge in [0.2, 0.25) is 5.91 Å². The van der Waals surface area contributed by atoms with Gasteiger partial charge in [-0.15, -0.1) is 12.6 Å². The number of ether oxygens (including phenoxy) is 1. The number of alkyl carbamates (subject to hydrolysis) is 1. The molecule has 0 unspecified atom stereocenters. The van der Waals surface area contributed by atoms with Gasteiger partial charge in [0.1, 0.15) is 5.60 Å². The molecule has 0 radical (unpaired) electrons. The molecule has 0 aliphatic heterocycles. The predicted octanol–water partition coefficient (Wildman–Crippen LogP) is 4.08. The predicted molar refractivity (Wildman–Crippen MR) is 116 cm³/mol. The van der Waals surface area contributed by atoms with Crippen LogP contribution in [-0.4, -0.2) is 30.1 Å². The van der Waals surface area contributed by atoms with Crippen molar-refractivity contribution in [3.8, 4) is 0 Å². The summed E-state index contributed by atoms with van der Waals surface area (Å²) in [6.07, 6.45) is -0.524. The molecule has 7 nitrogen and oxygen atoms in total. The van der Waals surface area contributed by atoms with Crippen molar-refractivity contribution in [3.05, 3.63) is 54.1 Å². The van der Waals surface area contributed by atoms with Gasteiger partial charge in [-0.05, 0) is 45.0 Å². The van der Waals surface area contributed by atoms with Gasteiger partial charge in [0.15, 0.2) is 0 Å². The molecule has 2 rings (SSSR count). The first kappa shape index (κ1) is 22.3. The van der Waals surface area contributed by atoms with Gasteiger partial charge in [0, 0.05) is 17.9 Å². The highest BCUT2D eigenvalue weighted by atomic mass is 32.1. The summed E-state index contributed by atoms with van der Waals surface area (Å²) in [7, 11) is 0.